The van der Waals surface area contributed by atoms with Crippen molar-refractivity contribution in [1.82, 2.24) is 10.2 Å². The summed E-state index contributed by atoms with van der Waals surface area (Å²) in [6.45, 7) is 5.83. The summed E-state index contributed by atoms with van der Waals surface area (Å²) in [7, 11) is 0. The van der Waals surface area contributed by atoms with Crippen LogP contribution in [0.3, 0.4) is 0 Å². The Balaban J connectivity index is 1.64. The van der Waals surface area contributed by atoms with E-state index in [1.807, 2.05) is 0 Å². The summed E-state index contributed by atoms with van der Waals surface area (Å²) in [6, 6.07) is 0.474. The average Bonchev–Trinajstić information content (AvgIpc) is 3.05. The van der Waals surface area contributed by atoms with Gasteiger partial charge < -0.3 is 15.0 Å². The number of carbonyl (C=O) groups excluding carboxylic acids is 1. The van der Waals surface area contributed by atoms with Gasteiger partial charge in [-0.2, -0.15) is 0 Å². The van der Waals surface area contributed by atoms with Crippen molar-refractivity contribution in [3.63, 3.8) is 0 Å². The molecule has 3 fully saturated rings. The third kappa shape index (κ3) is 3.01. The van der Waals surface area contributed by atoms with Crippen molar-refractivity contribution in [2.45, 2.75) is 57.6 Å². The van der Waals surface area contributed by atoms with Crippen LogP contribution >= 0.6 is 0 Å². The maximum Gasteiger partial charge on any atom is 0.226 e. The van der Waals surface area contributed by atoms with Crippen LogP contribution in [0.2, 0.25) is 0 Å². The lowest BCUT2D eigenvalue weighted by molar-refractivity contribution is -0.141. The topological polar surface area (TPSA) is 41.6 Å². The summed E-state index contributed by atoms with van der Waals surface area (Å²) in [6.07, 6.45) is 7.49. The third-order valence-electron chi connectivity index (χ3n) is 5.38. The van der Waals surface area contributed by atoms with Crippen LogP contribution in [0.25, 0.3) is 0 Å². The van der Waals surface area contributed by atoms with Gasteiger partial charge in [-0.1, -0.05) is 19.8 Å². The molecule has 2 saturated heterocycles. The van der Waals surface area contributed by atoms with Gasteiger partial charge in [-0.15, -0.1) is 0 Å². The van der Waals surface area contributed by atoms with Gasteiger partial charge in [-0.3, -0.25) is 4.79 Å². The highest BCUT2D eigenvalue weighted by Gasteiger charge is 2.36. The van der Waals surface area contributed by atoms with Crippen LogP contribution in [0.5, 0.6) is 0 Å². The Kier molecular flexibility index (Phi) is 4.61. The van der Waals surface area contributed by atoms with Crippen LogP contribution in [-0.2, 0) is 9.53 Å². The van der Waals surface area contributed by atoms with Crippen LogP contribution in [-0.4, -0.2) is 49.2 Å². The predicted octanol–water partition coefficient (Wildman–Crippen LogP) is 1.79. The molecule has 2 unspecified atom stereocenters. The van der Waals surface area contributed by atoms with Crippen LogP contribution in [0.15, 0.2) is 0 Å². The van der Waals surface area contributed by atoms with Crippen LogP contribution in [0.4, 0.5) is 0 Å². The minimum Gasteiger partial charge on any atom is -0.376 e. The zero-order valence-electron chi connectivity index (χ0n) is 12.6. The van der Waals surface area contributed by atoms with Gasteiger partial charge in [0, 0.05) is 25.1 Å². The van der Waals surface area contributed by atoms with Gasteiger partial charge in [-0.05, 0) is 44.7 Å². The van der Waals surface area contributed by atoms with Gasteiger partial charge in [0.15, 0.2) is 0 Å². The Morgan fingerprint density at radius 2 is 2.00 bits per heavy atom. The van der Waals surface area contributed by atoms with Gasteiger partial charge in [0.1, 0.15) is 0 Å². The number of ether oxygens (including phenoxy) is 1. The van der Waals surface area contributed by atoms with Crippen molar-refractivity contribution in [3.8, 4) is 0 Å². The van der Waals surface area contributed by atoms with Crippen LogP contribution in [0, 0.1) is 11.8 Å². The molecule has 3 aliphatic rings. The molecule has 20 heavy (non-hydrogen) atoms. The Hall–Kier alpha value is -0.610. The maximum absolute atomic E-state index is 12.9. The Morgan fingerprint density at radius 1 is 1.25 bits per heavy atom. The molecule has 0 aromatic rings. The molecule has 1 amide bonds. The second-order valence-corrected chi connectivity index (χ2v) is 6.77. The normalized spacial score (nSPS) is 29.4. The monoisotopic (exact) mass is 280 g/mol. The van der Waals surface area contributed by atoms with E-state index in [-0.39, 0.29) is 12.0 Å². The molecular weight excluding hydrogens is 252 g/mol. The summed E-state index contributed by atoms with van der Waals surface area (Å²) in [5.74, 6) is 1.08. The molecule has 0 aromatic heterocycles. The Labute approximate surface area is 122 Å². The molecule has 2 aliphatic heterocycles. The zero-order valence-corrected chi connectivity index (χ0v) is 12.6. The van der Waals surface area contributed by atoms with Crippen molar-refractivity contribution in [2.24, 2.45) is 11.8 Å². The molecule has 2 atom stereocenters. The molecule has 1 saturated carbocycles. The number of nitrogens with zero attached hydrogens (tertiary/aromatic N) is 1. The number of hydrogen-bond acceptors (Lipinski definition) is 3. The Morgan fingerprint density at radius 3 is 2.55 bits per heavy atom. The molecule has 1 aliphatic carbocycles. The number of amides is 1. The average molecular weight is 280 g/mol. The lowest BCUT2D eigenvalue weighted by atomic mass is 9.87. The van der Waals surface area contributed by atoms with E-state index in [1.54, 1.807) is 0 Å². The van der Waals surface area contributed by atoms with Gasteiger partial charge in [0.25, 0.3) is 0 Å². The third-order valence-corrected chi connectivity index (χ3v) is 5.38. The van der Waals surface area contributed by atoms with E-state index in [9.17, 15) is 4.79 Å². The number of carbonyl (C=O) groups is 1. The summed E-state index contributed by atoms with van der Waals surface area (Å²) < 4.78 is 5.77. The number of nitrogens with one attached hydrogen (secondary N) is 1. The summed E-state index contributed by atoms with van der Waals surface area (Å²) in [4.78, 5) is 15.1. The number of rotatable bonds is 5. The summed E-state index contributed by atoms with van der Waals surface area (Å²) in [5, 5.41) is 3.28. The van der Waals surface area contributed by atoms with E-state index in [0.29, 0.717) is 17.9 Å². The minimum atomic E-state index is 0.165. The first-order valence-electron chi connectivity index (χ1n) is 8.38. The van der Waals surface area contributed by atoms with E-state index in [1.165, 1.54) is 25.7 Å². The van der Waals surface area contributed by atoms with E-state index < -0.39 is 0 Å². The highest BCUT2D eigenvalue weighted by molar-refractivity contribution is 5.79. The smallest absolute Gasteiger partial charge is 0.226 e. The first-order chi connectivity index (χ1) is 9.75. The minimum absolute atomic E-state index is 0.165. The standard InChI is InChI=1S/C16H28N2O2/c1-12(13-9-17-10-13)16(19)18(14-5-2-3-6-14)11-15-7-4-8-20-15/h12-15,17H,2-11H2,1H3. The molecule has 0 aromatic carbocycles. The molecule has 4 nitrogen and oxygen atoms in total. The maximum atomic E-state index is 12.9. The van der Waals surface area contributed by atoms with E-state index in [4.69, 9.17) is 4.74 Å². The molecule has 3 rings (SSSR count). The lowest BCUT2D eigenvalue weighted by Crippen LogP contribution is -2.53. The Bertz CT molecular complexity index is 331. The molecule has 114 valence electrons. The fourth-order valence-corrected chi connectivity index (χ4v) is 3.77. The predicted molar refractivity (Wildman–Crippen MR) is 78.5 cm³/mol. The van der Waals surface area contributed by atoms with Gasteiger partial charge >= 0.3 is 0 Å². The van der Waals surface area contributed by atoms with Crippen LogP contribution < -0.4 is 5.32 Å². The molecule has 0 bridgehead atoms. The van der Waals surface area contributed by atoms with E-state index >= 15 is 0 Å². The quantitative estimate of drug-likeness (QED) is 0.835. The number of hydrogen-bond donors (Lipinski definition) is 1. The van der Waals surface area contributed by atoms with E-state index in [2.05, 4.69) is 17.1 Å². The van der Waals surface area contributed by atoms with Gasteiger partial charge in [0.2, 0.25) is 5.91 Å². The van der Waals surface area contributed by atoms with Crippen LogP contribution in [0.1, 0.15) is 45.4 Å². The second kappa shape index (κ2) is 6.44. The molecule has 0 radical (unpaired) electrons. The lowest BCUT2D eigenvalue weighted by Gasteiger charge is -2.38. The fourth-order valence-electron chi connectivity index (χ4n) is 3.77. The van der Waals surface area contributed by atoms with E-state index in [0.717, 1.165) is 39.1 Å². The highest BCUT2D eigenvalue weighted by atomic mass is 16.5. The second-order valence-electron chi connectivity index (χ2n) is 6.77. The molecular formula is C16H28N2O2. The van der Waals surface area contributed by atoms with Crippen molar-refractivity contribution in [2.75, 3.05) is 26.2 Å². The first-order valence-corrected chi connectivity index (χ1v) is 8.38. The molecule has 2 heterocycles. The highest BCUT2D eigenvalue weighted by Crippen LogP contribution is 2.28. The van der Waals surface area contributed by atoms with Crippen molar-refractivity contribution in [1.29, 1.82) is 0 Å². The summed E-state index contributed by atoms with van der Waals surface area (Å²) >= 11 is 0. The van der Waals surface area contributed by atoms with Crippen molar-refractivity contribution < 1.29 is 9.53 Å². The summed E-state index contributed by atoms with van der Waals surface area (Å²) in [5.41, 5.74) is 0. The first kappa shape index (κ1) is 14.3. The SMILES string of the molecule is CC(C(=O)N(CC1CCCO1)C1CCCC1)C1CNC1. The van der Waals surface area contributed by atoms with Crippen molar-refractivity contribution >= 4 is 5.91 Å². The van der Waals surface area contributed by atoms with Gasteiger partial charge in [-0.25, -0.2) is 0 Å². The fraction of sp³-hybridized carbons (Fsp3) is 0.938. The molecule has 0 spiro atoms. The van der Waals surface area contributed by atoms with Gasteiger partial charge in [0.05, 0.1) is 6.10 Å². The largest absolute Gasteiger partial charge is 0.376 e. The van der Waals surface area contributed by atoms with Crippen molar-refractivity contribution in [3.05, 3.63) is 0 Å². The molecule has 4 heteroatoms. The zero-order chi connectivity index (χ0) is 13.9. The molecule has 1 N–H and O–H groups in total.